The lowest BCUT2D eigenvalue weighted by molar-refractivity contribution is 0.556. The van der Waals surface area contributed by atoms with Crippen LogP contribution >= 0.6 is 26.6 Å². The number of sulfonamides is 1. The lowest BCUT2D eigenvalue weighted by Crippen LogP contribution is -2.25. The third kappa shape index (κ3) is 4.53. The predicted octanol–water partition coefficient (Wildman–Crippen LogP) is 1.94. The largest absolute Gasteiger partial charge is 0.261 e. The highest BCUT2D eigenvalue weighted by Crippen LogP contribution is 2.21. The lowest BCUT2D eigenvalue weighted by atomic mass is 10.3. The van der Waals surface area contributed by atoms with Crippen molar-refractivity contribution in [2.75, 3.05) is 6.54 Å². The summed E-state index contributed by atoms with van der Waals surface area (Å²) in [6, 6.07) is 2.27. The summed E-state index contributed by atoms with van der Waals surface area (Å²) in [6.45, 7) is 3.29. The highest BCUT2D eigenvalue weighted by Gasteiger charge is 2.21. The van der Waals surface area contributed by atoms with Crippen LogP contribution in [0.5, 0.6) is 0 Å². The first-order valence-electron chi connectivity index (χ1n) is 4.61. The molecule has 0 bridgehead atoms. The molecule has 1 aromatic carbocycles. The maximum absolute atomic E-state index is 13.6. The molecular weight excluding hydrogens is 385 g/mol. The Labute approximate surface area is 123 Å². The minimum Gasteiger partial charge on any atom is -0.207 e. The van der Waals surface area contributed by atoms with E-state index in [1.54, 1.807) is 0 Å². The number of rotatable bonds is 5. The van der Waals surface area contributed by atoms with Crippen molar-refractivity contribution >= 4 is 45.7 Å². The van der Waals surface area contributed by atoms with E-state index in [-0.39, 0.29) is 6.54 Å². The van der Waals surface area contributed by atoms with Crippen molar-refractivity contribution in [1.82, 2.24) is 4.72 Å². The summed E-state index contributed by atoms with van der Waals surface area (Å²) in [5, 5.41) is 0. The van der Waals surface area contributed by atoms with Crippen LogP contribution in [0.3, 0.4) is 0 Å². The number of hydrogen-bond donors (Lipinski definition) is 1. The predicted molar refractivity (Wildman–Crippen MR) is 72.7 cm³/mol. The topological polar surface area (TPSA) is 80.3 Å². The lowest BCUT2D eigenvalue weighted by Gasteiger charge is -2.07. The van der Waals surface area contributed by atoms with E-state index < -0.39 is 34.7 Å². The normalized spacial score (nSPS) is 12.4. The van der Waals surface area contributed by atoms with Gasteiger partial charge in [0.1, 0.15) is 10.7 Å². The van der Waals surface area contributed by atoms with E-state index >= 15 is 0 Å². The van der Waals surface area contributed by atoms with Crippen LogP contribution in [0.2, 0.25) is 0 Å². The molecule has 1 rings (SSSR count). The van der Waals surface area contributed by atoms with Crippen LogP contribution in [-0.2, 0) is 19.1 Å². The third-order valence-electron chi connectivity index (χ3n) is 1.93. The Morgan fingerprint density at radius 3 is 2.37 bits per heavy atom. The zero-order valence-corrected chi connectivity index (χ0v) is 13.2. The van der Waals surface area contributed by atoms with Crippen molar-refractivity contribution in [2.24, 2.45) is 0 Å². The SMILES string of the molecule is C=C(Br)CNS(=O)(=O)c1ccc(S(=O)(=O)Cl)cc1F. The number of benzene rings is 1. The van der Waals surface area contributed by atoms with Crippen LogP contribution in [-0.4, -0.2) is 23.4 Å². The standard InChI is InChI=1S/C9H8BrClFNO4S2/c1-6(10)5-13-19(16,17)9-3-2-7(4-8(9)12)18(11,14)15/h2-4,13H,1,5H2. The van der Waals surface area contributed by atoms with Crippen LogP contribution < -0.4 is 4.72 Å². The number of hydrogen-bond acceptors (Lipinski definition) is 4. The van der Waals surface area contributed by atoms with Crippen molar-refractivity contribution in [3.63, 3.8) is 0 Å². The molecule has 5 nitrogen and oxygen atoms in total. The molecule has 0 aliphatic heterocycles. The molecule has 0 aliphatic carbocycles. The van der Waals surface area contributed by atoms with Gasteiger partial charge in [-0.05, 0) is 18.2 Å². The van der Waals surface area contributed by atoms with E-state index in [0.717, 1.165) is 12.1 Å². The summed E-state index contributed by atoms with van der Waals surface area (Å²) in [7, 11) is -3.20. The fourth-order valence-corrected chi connectivity index (χ4v) is 3.27. The maximum Gasteiger partial charge on any atom is 0.261 e. The van der Waals surface area contributed by atoms with Crippen molar-refractivity contribution in [2.45, 2.75) is 9.79 Å². The van der Waals surface area contributed by atoms with Crippen molar-refractivity contribution in [3.8, 4) is 0 Å². The fourth-order valence-electron chi connectivity index (χ4n) is 1.10. The molecule has 0 unspecified atom stereocenters. The van der Waals surface area contributed by atoms with Gasteiger partial charge in [0.2, 0.25) is 10.0 Å². The highest BCUT2D eigenvalue weighted by atomic mass is 79.9. The van der Waals surface area contributed by atoms with Gasteiger partial charge in [-0.25, -0.2) is 25.9 Å². The Morgan fingerprint density at radius 2 is 1.95 bits per heavy atom. The zero-order chi connectivity index (χ0) is 14.8. The minimum atomic E-state index is -4.12. The van der Waals surface area contributed by atoms with Crippen molar-refractivity contribution < 1.29 is 21.2 Å². The van der Waals surface area contributed by atoms with Gasteiger partial charge in [-0.1, -0.05) is 22.5 Å². The molecule has 0 radical (unpaired) electrons. The molecule has 0 aliphatic rings. The van der Waals surface area contributed by atoms with Gasteiger partial charge in [-0.3, -0.25) is 0 Å². The second-order valence-electron chi connectivity index (χ2n) is 3.37. The van der Waals surface area contributed by atoms with E-state index in [2.05, 4.69) is 27.2 Å². The van der Waals surface area contributed by atoms with Crippen molar-refractivity contribution in [3.05, 3.63) is 35.1 Å². The van der Waals surface area contributed by atoms with E-state index in [1.165, 1.54) is 0 Å². The van der Waals surface area contributed by atoms with Gasteiger partial charge in [-0.2, -0.15) is 0 Å². The van der Waals surface area contributed by atoms with Crippen LogP contribution in [0.1, 0.15) is 0 Å². The summed E-state index contributed by atoms with van der Waals surface area (Å²) >= 11 is 2.94. The highest BCUT2D eigenvalue weighted by molar-refractivity contribution is 9.11. The summed E-state index contributed by atoms with van der Waals surface area (Å²) in [5.74, 6) is -1.21. The van der Waals surface area contributed by atoms with E-state index in [4.69, 9.17) is 10.7 Å². The Kier molecular flexibility index (Phi) is 5.13. The summed E-state index contributed by atoms with van der Waals surface area (Å²) in [5.41, 5.74) is 0. The molecule has 19 heavy (non-hydrogen) atoms. The number of halogens is 3. The molecule has 0 aromatic heterocycles. The molecule has 1 N–H and O–H groups in total. The first kappa shape index (κ1) is 16.6. The van der Waals surface area contributed by atoms with Gasteiger partial charge < -0.3 is 0 Å². The Hall–Kier alpha value is -0.480. The molecular formula is C9H8BrClFNO4S2. The summed E-state index contributed by atoms with van der Waals surface area (Å²) in [6.07, 6.45) is 0. The van der Waals surface area contributed by atoms with E-state index in [0.29, 0.717) is 10.5 Å². The van der Waals surface area contributed by atoms with Crippen LogP contribution in [0.15, 0.2) is 39.1 Å². The second kappa shape index (κ2) is 5.88. The van der Waals surface area contributed by atoms with Gasteiger partial charge in [0.25, 0.3) is 9.05 Å². The molecule has 106 valence electrons. The molecule has 0 spiro atoms. The van der Waals surface area contributed by atoms with Crippen molar-refractivity contribution in [1.29, 1.82) is 0 Å². The van der Waals surface area contributed by atoms with Crippen LogP contribution in [0, 0.1) is 5.82 Å². The van der Waals surface area contributed by atoms with Crippen LogP contribution in [0.4, 0.5) is 4.39 Å². The average Bonchev–Trinajstić information content (AvgIpc) is 2.25. The second-order valence-corrected chi connectivity index (χ2v) is 8.79. The van der Waals surface area contributed by atoms with Crippen LogP contribution in [0.25, 0.3) is 0 Å². The first-order valence-corrected chi connectivity index (χ1v) is 9.20. The summed E-state index contributed by atoms with van der Waals surface area (Å²) in [4.78, 5) is -1.19. The zero-order valence-electron chi connectivity index (χ0n) is 9.23. The third-order valence-corrected chi connectivity index (χ3v) is 4.99. The molecule has 0 saturated heterocycles. The molecule has 10 heteroatoms. The van der Waals surface area contributed by atoms with Gasteiger partial charge in [0, 0.05) is 21.7 Å². The Morgan fingerprint density at radius 1 is 1.37 bits per heavy atom. The maximum atomic E-state index is 13.6. The first-order chi connectivity index (χ1) is 8.54. The van der Waals surface area contributed by atoms with Gasteiger partial charge in [0.05, 0.1) is 4.90 Å². The quantitative estimate of drug-likeness (QED) is 0.777. The molecule has 0 atom stereocenters. The smallest absolute Gasteiger partial charge is 0.207 e. The molecule has 0 heterocycles. The summed E-state index contributed by atoms with van der Waals surface area (Å²) < 4.78 is 61.5. The monoisotopic (exact) mass is 391 g/mol. The van der Waals surface area contributed by atoms with E-state index in [1.807, 2.05) is 0 Å². The molecule has 0 saturated carbocycles. The van der Waals surface area contributed by atoms with E-state index in [9.17, 15) is 21.2 Å². The molecule has 0 fully saturated rings. The number of nitrogens with one attached hydrogen (secondary N) is 1. The van der Waals surface area contributed by atoms with Gasteiger partial charge >= 0.3 is 0 Å². The molecule has 0 amide bonds. The average molecular weight is 393 g/mol. The molecule has 1 aromatic rings. The van der Waals surface area contributed by atoms with Gasteiger partial charge in [0.15, 0.2) is 0 Å². The fraction of sp³-hybridized carbons (Fsp3) is 0.111. The minimum absolute atomic E-state index is 0.128. The Bertz CT molecular complexity index is 718. The Balaban J connectivity index is 3.20. The van der Waals surface area contributed by atoms with Gasteiger partial charge in [-0.15, -0.1) is 0 Å².